The van der Waals surface area contributed by atoms with Crippen molar-refractivity contribution < 1.29 is 60.9 Å². The fraction of sp³-hybridized carbons (Fsp3) is 0.800. The zero-order chi connectivity index (χ0) is 9.40. The first kappa shape index (κ1) is 20.5. The molecule has 80 valence electrons. The molecule has 1 aliphatic heterocycles. The number of hydrogen-bond acceptors (Lipinski definition) is 2. The molecule has 0 aliphatic carbocycles. The Kier molecular flexibility index (Phi) is 20.6. The quantitative estimate of drug-likeness (QED) is 0.331. The van der Waals surface area contributed by atoms with Gasteiger partial charge in [-0.15, -0.1) is 0 Å². The summed E-state index contributed by atoms with van der Waals surface area (Å²) in [6, 6.07) is 0.353. The summed E-state index contributed by atoms with van der Waals surface area (Å²) in [5.74, 6) is 0. The molecule has 1 heterocycles. The molecule has 14 heavy (non-hydrogen) atoms. The van der Waals surface area contributed by atoms with E-state index in [2.05, 4.69) is 0 Å². The van der Waals surface area contributed by atoms with Crippen molar-refractivity contribution in [3.63, 3.8) is 0 Å². The van der Waals surface area contributed by atoms with Gasteiger partial charge in [-0.05, 0) is 19.9 Å². The number of nitrogens with zero attached hydrogens (tertiary/aromatic N) is 1. The second kappa shape index (κ2) is 14.1. The summed E-state index contributed by atoms with van der Waals surface area (Å²) < 4.78 is 5.14. The van der Waals surface area contributed by atoms with Crippen molar-refractivity contribution >= 4 is 6.41 Å². The molecule has 0 atom stereocenters. The molecule has 0 bridgehead atoms. The van der Waals surface area contributed by atoms with Gasteiger partial charge in [0.15, 0.2) is 0 Å². The van der Waals surface area contributed by atoms with Crippen LogP contribution >= 0.6 is 0 Å². The van der Waals surface area contributed by atoms with E-state index in [1.807, 2.05) is 20.3 Å². The van der Waals surface area contributed by atoms with E-state index in [1.54, 1.807) is 11.9 Å². The molecule has 0 aromatic rings. The maximum Gasteiger partial charge on any atom is 1.00 e. The first-order chi connectivity index (χ1) is 5.84. The average Bonchev–Trinajstić information content (AvgIpc) is 2.21. The van der Waals surface area contributed by atoms with Gasteiger partial charge in [0.25, 0.3) is 0 Å². The molecular weight excluding hydrogens is 205 g/mol. The van der Waals surface area contributed by atoms with Crippen molar-refractivity contribution in [2.24, 2.45) is 0 Å². The Balaban J connectivity index is -0.000000284. The zero-order valence-electron chi connectivity index (χ0n) is 10.2. The van der Waals surface area contributed by atoms with Crippen molar-refractivity contribution in [3.8, 4) is 0 Å². The molecule has 1 aliphatic rings. The molecule has 0 N–H and O–H groups in total. The van der Waals surface area contributed by atoms with E-state index in [-0.39, 0.29) is 58.8 Å². The molecule has 1 fully saturated rings. The van der Waals surface area contributed by atoms with Crippen LogP contribution in [0, 0.1) is 7.43 Å². The first-order valence-corrected chi connectivity index (χ1v) is 4.53. The van der Waals surface area contributed by atoms with Crippen LogP contribution in [0.1, 0.15) is 26.7 Å². The fourth-order valence-electron chi connectivity index (χ4n) is 1.15. The van der Waals surface area contributed by atoms with Crippen LogP contribution in [-0.2, 0) is 9.53 Å². The van der Waals surface area contributed by atoms with Gasteiger partial charge in [-0.1, -0.05) is 13.8 Å². The molecule has 1 amide bonds. The Morgan fingerprint density at radius 1 is 1.29 bits per heavy atom. The van der Waals surface area contributed by atoms with Crippen molar-refractivity contribution in [1.29, 1.82) is 0 Å². The monoisotopic (exact) mass is 226 g/mol. The maximum absolute atomic E-state index is 10.2. The third kappa shape index (κ3) is 8.38. The smallest absolute Gasteiger partial charge is 0.520 e. The number of hydrogen-bond donors (Lipinski definition) is 0. The second-order valence-electron chi connectivity index (χ2n) is 2.55. The van der Waals surface area contributed by atoms with Crippen LogP contribution in [-0.4, -0.2) is 37.6 Å². The number of rotatable bonds is 2. The summed E-state index contributed by atoms with van der Waals surface area (Å²) in [5.41, 5.74) is 0. The van der Waals surface area contributed by atoms with E-state index in [0.29, 0.717) is 6.04 Å². The molecule has 1 saturated heterocycles. The molecule has 0 aromatic carbocycles. The van der Waals surface area contributed by atoms with Gasteiger partial charge in [-0.25, -0.2) is 0 Å². The first-order valence-electron chi connectivity index (χ1n) is 4.53. The van der Waals surface area contributed by atoms with Crippen LogP contribution in [0.15, 0.2) is 0 Å². The molecule has 0 aromatic heterocycles. The molecule has 3 nitrogen and oxygen atoms in total. The minimum Gasteiger partial charge on any atom is -0.520 e. The Labute approximate surface area is 131 Å². The third-order valence-electron chi connectivity index (χ3n) is 1.88. The average molecular weight is 226 g/mol. The molecule has 4 heteroatoms. The van der Waals surface area contributed by atoms with Crippen molar-refractivity contribution in [2.75, 3.05) is 20.3 Å². The van der Waals surface area contributed by atoms with E-state index in [4.69, 9.17) is 4.74 Å². The normalized spacial score (nSPS) is 15.1. The Hall–Kier alpha value is 1.07. The molecule has 0 radical (unpaired) electrons. The topological polar surface area (TPSA) is 29.5 Å². The molecular formula is C10H21KNO2-. The largest absolute Gasteiger partial charge is 1.00 e. The van der Waals surface area contributed by atoms with E-state index in [0.717, 1.165) is 26.1 Å². The number of carbonyl (C=O) groups excluding carboxylic acids is 1. The van der Waals surface area contributed by atoms with Crippen molar-refractivity contribution in [2.45, 2.75) is 32.7 Å². The van der Waals surface area contributed by atoms with Gasteiger partial charge < -0.3 is 21.9 Å². The van der Waals surface area contributed by atoms with E-state index < -0.39 is 0 Å². The van der Waals surface area contributed by atoms with Crippen LogP contribution < -0.4 is 51.4 Å². The second-order valence-corrected chi connectivity index (χ2v) is 2.55. The molecule has 0 unspecified atom stereocenters. The van der Waals surface area contributed by atoms with E-state index in [9.17, 15) is 4.79 Å². The van der Waals surface area contributed by atoms with Crippen molar-refractivity contribution in [3.05, 3.63) is 7.43 Å². The van der Waals surface area contributed by atoms with Crippen LogP contribution in [0.4, 0.5) is 0 Å². The fourth-order valence-corrected chi connectivity index (χ4v) is 1.15. The molecule has 0 spiro atoms. The molecule has 0 saturated carbocycles. The summed E-state index contributed by atoms with van der Waals surface area (Å²) in [7, 11) is 1.77. The number of ether oxygens (including phenoxy) is 1. The summed E-state index contributed by atoms with van der Waals surface area (Å²) >= 11 is 0. The van der Waals surface area contributed by atoms with Crippen LogP contribution in [0.3, 0.4) is 0 Å². The van der Waals surface area contributed by atoms with Crippen LogP contribution in [0.25, 0.3) is 0 Å². The van der Waals surface area contributed by atoms with Gasteiger partial charge >= 0.3 is 51.4 Å². The van der Waals surface area contributed by atoms with Crippen LogP contribution in [0.5, 0.6) is 0 Å². The van der Waals surface area contributed by atoms with Crippen molar-refractivity contribution in [1.82, 2.24) is 4.90 Å². The summed E-state index contributed by atoms with van der Waals surface area (Å²) in [4.78, 5) is 11.8. The maximum atomic E-state index is 10.2. The molecule has 1 rings (SSSR count). The van der Waals surface area contributed by atoms with Gasteiger partial charge in [-0.3, -0.25) is 0 Å². The van der Waals surface area contributed by atoms with Gasteiger partial charge in [0.05, 0.1) is 0 Å². The minimum atomic E-state index is 0. The predicted molar refractivity (Wildman–Crippen MR) is 55.1 cm³/mol. The van der Waals surface area contributed by atoms with Crippen LogP contribution in [0.2, 0.25) is 0 Å². The Morgan fingerprint density at radius 3 is 2.07 bits per heavy atom. The zero-order valence-corrected chi connectivity index (χ0v) is 13.3. The summed E-state index contributed by atoms with van der Waals surface area (Å²) in [5, 5.41) is 0. The third-order valence-corrected chi connectivity index (χ3v) is 1.88. The summed E-state index contributed by atoms with van der Waals surface area (Å²) in [6.45, 7) is 5.55. The van der Waals surface area contributed by atoms with Gasteiger partial charge in [0.1, 0.15) is 0 Å². The van der Waals surface area contributed by atoms with Gasteiger partial charge in [0, 0.05) is 19.3 Å². The van der Waals surface area contributed by atoms with E-state index >= 15 is 0 Å². The number of amides is 1. The standard InChI is InChI=1S/C7H12NO2.C2H6.CH3.K/c1-8(6-9)7-2-4-10-5-3-7;1-2;;/h7H,2-5H2,1H3;1-2H3;1H3;/q-1;;-1;+1. The predicted octanol–water partition coefficient (Wildman–Crippen LogP) is -1.36. The Morgan fingerprint density at radius 2 is 1.71 bits per heavy atom. The summed E-state index contributed by atoms with van der Waals surface area (Å²) in [6.07, 6.45) is 3.76. The van der Waals surface area contributed by atoms with Gasteiger partial charge in [0.2, 0.25) is 0 Å². The van der Waals surface area contributed by atoms with Gasteiger partial charge in [-0.2, -0.15) is 6.41 Å². The Bertz CT molecular complexity index is 117. The SMILES string of the molecule is CC.CN([C-]=O)C1CCOCC1.[CH3-].[K+]. The van der Waals surface area contributed by atoms with E-state index in [1.165, 1.54) is 0 Å². The minimum absolute atomic E-state index is 0.